The van der Waals surface area contributed by atoms with E-state index in [-0.39, 0.29) is 12.5 Å². The summed E-state index contributed by atoms with van der Waals surface area (Å²) in [7, 11) is 0. The molecule has 0 aliphatic carbocycles. The van der Waals surface area contributed by atoms with E-state index in [0.29, 0.717) is 6.54 Å². The summed E-state index contributed by atoms with van der Waals surface area (Å²) in [6.07, 6.45) is 5.99. The number of thiophene rings is 1. The Kier molecular flexibility index (Phi) is 7.13. The molecule has 1 aliphatic heterocycles. The molecule has 7 nitrogen and oxygen atoms in total. The Balaban J connectivity index is 1.61. The normalized spacial score (nSPS) is 15.7. The third-order valence-electron chi connectivity index (χ3n) is 4.75. The van der Waals surface area contributed by atoms with Gasteiger partial charge in [0.1, 0.15) is 6.54 Å². The minimum Gasteiger partial charge on any atom is -0.337 e. The Morgan fingerprint density at radius 1 is 1.27 bits per heavy atom. The highest BCUT2D eigenvalue weighted by atomic mass is 32.1. The summed E-state index contributed by atoms with van der Waals surface area (Å²) < 4.78 is 1.67. The summed E-state index contributed by atoms with van der Waals surface area (Å²) in [6, 6.07) is 2.07. The number of nitrogens with zero attached hydrogens (tertiary/aromatic N) is 6. The van der Waals surface area contributed by atoms with E-state index in [1.54, 1.807) is 16.0 Å². The van der Waals surface area contributed by atoms with E-state index in [4.69, 9.17) is 0 Å². The van der Waals surface area contributed by atoms with Crippen molar-refractivity contribution in [1.29, 1.82) is 0 Å². The summed E-state index contributed by atoms with van der Waals surface area (Å²) in [4.78, 5) is 17.1. The van der Waals surface area contributed by atoms with Crippen molar-refractivity contribution in [2.45, 2.75) is 58.7 Å². The molecule has 1 amide bonds. The van der Waals surface area contributed by atoms with Crippen LogP contribution in [0.15, 0.2) is 16.8 Å². The van der Waals surface area contributed by atoms with Gasteiger partial charge in [-0.3, -0.25) is 9.69 Å². The van der Waals surface area contributed by atoms with Gasteiger partial charge in [-0.2, -0.15) is 11.3 Å². The minimum absolute atomic E-state index is 0.0717. The molecular formula is C18H28N6OS. The van der Waals surface area contributed by atoms with Crippen molar-refractivity contribution in [2.75, 3.05) is 19.6 Å². The molecule has 0 bridgehead atoms. The lowest BCUT2D eigenvalue weighted by molar-refractivity contribution is -0.132. The number of carbonyl (C=O) groups excluding carboxylic acids is 1. The van der Waals surface area contributed by atoms with Crippen LogP contribution in [0.2, 0.25) is 0 Å². The monoisotopic (exact) mass is 376 g/mol. The Hall–Kier alpha value is -1.80. The molecule has 0 atom stereocenters. The maximum atomic E-state index is 12.8. The molecule has 0 spiro atoms. The van der Waals surface area contributed by atoms with Gasteiger partial charge in [-0.15, -0.1) is 5.10 Å². The highest BCUT2D eigenvalue weighted by Gasteiger charge is 2.19. The van der Waals surface area contributed by atoms with Gasteiger partial charge in [0.2, 0.25) is 5.91 Å². The number of rotatable bonds is 8. The summed E-state index contributed by atoms with van der Waals surface area (Å²) >= 11 is 1.66. The van der Waals surface area contributed by atoms with Gasteiger partial charge in [0.25, 0.3) is 0 Å². The molecule has 1 fully saturated rings. The largest absolute Gasteiger partial charge is 0.337 e. The molecule has 8 heteroatoms. The zero-order chi connectivity index (χ0) is 18.2. The third kappa shape index (κ3) is 5.35. The third-order valence-corrected chi connectivity index (χ3v) is 5.49. The summed E-state index contributed by atoms with van der Waals surface area (Å²) in [6.45, 7) is 6.59. The van der Waals surface area contributed by atoms with E-state index in [1.807, 2.05) is 10.3 Å². The Morgan fingerprint density at radius 2 is 2.08 bits per heavy atom. The van der Waals surface area contributed by atoms with E-state index in [9.17, 15) is 4.79 Å². The maximum Gasteiger partial charge on any atom is 0.244 e. The summed E-state index contributed by atoms with van der Waals surface area (Å²) in [5.74, 6) is 0.856. The van der Waals surface area contributed by atoms with Crippen molar-refractivity contribution in [2.24, 2.45) is 0 Å². The van der Waals surface area contributed by atoms with Gasteiger partial charge < -0.3 is 4.90 Å². The summed E-state index contributed by atoms with van der Waals surface area (Å²) in [5.41, 5.74) is 1.18. The van der Waals surface area contributed by atoms with Gasteiger partial charge >= 0.3 is 0 Å². The fourth-order valence-corrected chi connectivity index (χ4v) is 4.01. The van der Waals surface area contributed by atoms with Crippen molar-refractivity contribution < 1.29 is 4.79 Å². The van der Waals surface area contributed by atoms with Gasteiger partial charge in [0, 0.05) is 13.1 Å². The first-order valence-corrected chi connectivity index (χ1v) is 10.5. The summed E-state index contributed by atoms with van der Waals surface area (Å²) in [5, 5.41) is 16.2. The van der Waals surface area contributed by atoms with Crippen LogP contribution < -0.4 is 0 Å². The lowest BCUT2D eigenvalue weighted by Crippen LogP contribution is -2.35. The number of aromatic nitrogens is 4. The van der Waals surface area contributed by atoms with Crippen LogP contribution in [0.5, 0.6) is 0 Å². The van der Waals surface area contributed by atoms with E-state index >= 15 is 0 Å². The SMILES string of the molecule is CCCN(Cc1ccsc1)C(=O)Cn1nnnc1CN1CCCCCC1. The minimum atomic E-state index is 0.0717. The molecule has 1 saturated heterocycles. The van der Waals surface area contributed by atoms with Crippen LogP contribution in [0.1, 0.15) is 50.4 Å². The quantitative estimate of drug-likeness (QED) is 0.708. The zero-order valence-corrected chi connectivity index (χ0v) is 16.3. The fraction of sp³-hybridized carbons (Fsp3) is 0.667. The zero-order valence-electron chi connectivity index (χ0n) is 15.5. The van der Waals surface area contributed by atoms with Gasteiger partial charge in [0.05, 0.1) is 6.54 Å². The molecule has 3 heterocycles. The van der Waals surface area contributed by atoms with Crippen molar-refractivity contribution in [3.05, 3.63) is 28.2 Å². The molecule has 0 aromatic carbocycles. The van der Waals surface area contributed by atoms with E-state index in [2.05, 4.69) is 38.8 Å². The lowest BCUT2D eigenvalue weighted by atomic mass is 10.2. The van der Waals surface area contributed by atoms with Crippen LogP contribution >= 0.6 is 11.3 Å². The van der Waals surface area contributed by atoms with Crippen molar-refractivity contribution in [1.82, 2.24) is 30.0 Å². The van der Waals surface area contributed by atoms with Crippen LogP contribution in [-0.2, 0) is 24.4 Å². The second kappa shape index (κ2) is 9.78. The molecule has 26 heavy (non-hydrogen) atoms. The van der Waals surface area contributed by atoms with E-state index in [0.717, 1.165) is 38.4 Å². The number of carbonyl (C=O) groups is 1. The van der Waals surface area contributed by atoms with Crippen molar-refractivity contribution in [3.8, 4) is 0 Å². The van der Waals surface area contributed by atoms with Crippen molar-refractivity contribution >= 4 is 17.2 Å². The molecule has 2 aromatic rings. The van der Waals surface area contributed by atoms with Gasteiger partial charge in [-0.25, -0.2) is 4.68 Å². The van der Waals surface area contributed by atoms with Crippen LogP contribution in [-0.4, -0.2) is 55.5 Å². The highest BCUT2D eigenvalue weighted by molar-refractivity contribution is 7.07. The maximum absolute atomic E-state index is 12.8. The van der Waals surface area contributed by atoms with Crippen LogP contribution in [0.3, 0.4) is 0 Å². The van der Waals surface area contributed by atoms with Gasteiger partial charge in [0.15, 0.2) is 5.82 Å². The van der Waals surface area contributed by atoms with Gasteiger partial charge in [-0.05, 0) is 65.2 Å². The number of amides is 1. The molecular weight excluding hydrogens is 348 g/mol. The van der Waals surface area contributed by atoms with Gasteiger partial charge in [-0.1, -0.05) is 19.8 Å². The Labute approximate surface area is 159 Å². The Bertz CT molecular complexity index is 663. The molecule has 3 rings (SSSR count). The highest BCUT2D eigenvalue weighted by Crippen LogP contribution is 2.13. The topological polar surface area (TPSA) is 67.2 Å². The molecule has 0 radical (unpaired) electrons. The first-order valence-electron chi connectivity index (χ1n) is 9.52. The van der Waals surface area contributed by atoms with Crippen molar-refractivity contribution in [3.63, 3.8) is 0 Å². The molecule has 1 aliphatic rings. The lowest BCUT2D eigenvalue weighted by Gasteiger charge is -2.22. The molecule has 142 valence electrons. The second-order valence-corrected chi connectivity index (χ2v) is 7.67. The smallest absolute Gasteiger partial charge is 0.244 e. The first-order chi connectivity index (χ1) is 12.8. The average Bonchev–Trinajstić information content (AvgIpc) is 3.22. The Morgan fingerprint density at radius 3 is 2.77 bits per heavy atom. The number of hydrogen-bond acceptors (Lipinski definition) is 6. The van der Waals surface area contributed by atoms with E-state index < -0.39 is 0 Å². The van der Waals surface area contributed by atoms with E-state index in [1.165, 1.54) is 31.2 Å². The average molecular weight is 377 g/mol. The predicted octanol–water partition coefficient (Wildman–Crippen LogP) is 2.55. The van der Waals surface area contributed by atoms with Crippen LogP contribution in [0.25, 0.3) is 0 Å². The van der Waals surface area contributed by atoms with Crippen LogP contribution in [0, 0.1) is 0 Å². The molecule has 0 saturated carbocycles. The molecule has 0 N–H and O–H groups in total. The second-order valence-electron chi connectivity index (χ2n) is 6.89. The fourth-order valence-electron chi connectivity index (χ4n) is 3.35. The standard InChI is InChI=1S/C18H28N6OS/c1-2-8-23(12-16-7-11-26-15-16)18(25)14-24-17(19-20-21-24)13-22-9-5-3-4-6-10-22/h7,11,15H,2-6,8-10,12-14H2,1H3. The number of likely N-dealkylation sites (tertiary alicyclic amines) is 1. The predicted molar refractivity (Wildman–Crippen MR) is 102 cm³/mol. The number of hydrogen-bond donors (Lipinski definition) is 0. The van der Waals surface area contributed by atoms with Crippen LogP contribution in [0.4, 0.5) is 0 Å². The molecule has 2 aromatic heterocycles. The molecule has 0 unspecified atom stereocenters. The first kappa shape index (κ1) is 19.0. The number of tetrazole rings is 1.